The highest BCUT2D eigenvalue weighted by Crippen LogP contribution is 2.30. The number of nitrogens with zero attached hydrogens (tertiary/aromatic N) is 4. The molecule has 1 fully saturated rings. The summed E-state index contributed by atoms with van der Waals surface area (Å²) < 4.78 is 3.65. The Kier molecular flexibility index (Phi) is 4.53. The lowest BCUT2D eigenvalue weighted by atomic mass is 9.90. The van der Waals surface area contributed by atoms with Crippen molar-refractivity contribution in [3.63, 3.8) is 0 Å². The van der Waals surface area contributed by atoms with Crippen LogP contribution in [0.25, 0.3) is 5.69 Å². The van der Waals surface area contributed by atoms with Crippen LogP contribution in [0.15, 0.2) is 42.7 Å². The Morgan fingerprint density at radius 1 is 1.26 bits per heavy atom. The number of rotatable bonds is 4. The Bertz CT molecular complexity index is 973. The first-order valence-electron chi connectivity index (χ1n) is 9.15. The monoisotopic (exact) mass is 364 g/mol. The van der Waals surface area contributed by atoms with E-state index in [1.165, 1.54) is 0 Å². The summed E-state index contributed by atoms with van der Waals surface area (Å²) in [5.74, 6) is 0.00471. The molecule has 140 valence electrons. The molecule has 7 nitrogen and oxygen atoms in total. The van der Waals surface area contributed by atoms with Gasteiger partial charge in [-0.15, -0.1) is 0 Å². The Morgan fingerprint density at radius 2 is 2.07 bits per heavy atom. The molecule has 3 aromatic rings. The maximum Gasteiger partial charge on any atom is 0.229 e. The van der Waals surface area contributed by atoms with Crippen molar-refractivity contribution in [3.05, 3.63) is 59.7 Å². The van der Waals surface area contributed by atoms with Crippen LogP contribution < -0.4 is 10.6 Å². The minimum atomic E-state index is -0.136. The molecule has 1 saturated heterocycles. The molecule has 3 heterocycles. The molecule has 0 unspecified atom stereocenters. The Hall–Kier alpha value is -2.93. The summed E-state index contributed by atoms with van der Waals surface area (Å²) >= 11 is 0. The van der Waals surface area contributed by atoms with E-state index in [-0.39, 0.29) is 17.7 Å². The van der Waals surface area contributed by atoms with Crippen LogP contribution in [0.1, 0.15) is 22.9 Å². The number of hydrogen-bond donors (Lipinski definition) is 2. The average molecular weight is 364 g/mol. The zero-order valence-corrected chi connectivity index (χ0v) is 15.8. The van der Waals surface area contributed by atoms with Crippen LogP contribution in [0, 0.1) is 19.8 Å². The highest BCUT2D eigenvalue weighted by Gasteiger charge is 2.35. The molecule has 2 aromatic heterocycles. The minimum Gasteiger partial charge on any atom is -0.324 e. The van der Waals surface area contributed by atoms with E-state index in [0.29, 0.717) is 6.54 Å². The van der Waals surface area contributed by atoms with E-state index < -0.39 is 0 Å². The molecular formula is C20H24N6O. The van der Waals surface area contributed by atoms with E-state index >= 15 is 0 Å². The van der Waals surface area contributed by atoms with Crippen LogP contribution in [-0.2, 0) is 11.8 Å². The van der Waals surface area contributed by atoms with Gasteiger partial charge in [-0.2, -0.15) is 10.2 Å². The van der Waals surface area contributed by atoms with E-state index in [1.807, 2.05) is 68.3 Å². The van der Waals surface area contributed by atoms with Crippen LogP contribution in [0.5, 0.6) is 0 Å². The third-order valence-electron chi connectivity index (χ3n) is 5.10. The molecular weight excluding hydrogens is 340 g/mol. The number of hydrogen-bond acceptors (Lipinski definition) is 4. The predicted molar refractivity (Wildman–Crippen MR) is 104 cm³/mol. The van der Waals surface area contributed by atoms with Gasteiger partial charge in [-0.05, 0) is 37.6 Å². The summed E-state index contributed by atoms with van der Waals surface area (Å²) in [5.41, 5.74) is 4.72. The molecule has 7 heteroatoms. The van der Waals surface area contributed by atoms with E-state index in [4.69, 9.17) is 0 Å². The second-order valence-electron chi connectivity index (χ2n) is 7.16. The van der Waals surface area contributed by atoms with Gasteiger partial charge >= 0.3 is 0 Å². The molecule has 2 N–H and O–H groups in total. The number of anilines is 1. The van der Waals surface area contributed by atoms with Crippen molar-refractivity contribution >= 4 is 11.6 Å². The van der Waals surface area contributed by atoms with Crippen molar-refractivity contribution in [3.8, 4) is 5.69 Å². The van der Waals surface area contributed by atoms with Crippen molar-refractivity contribution in [1.29, 1.82) is 0 Å². The normalized spacial score (nSPS) is 19.4. The zero-order valence-electron chi connectivity index (χ0n) is 15.8. The number of benzene rings is 1. The molecule has 1 aromatic carbocycles. The van der Waals surface area contributed by atoms with Crippen LogP contribution in [0.3, 0.4) is 0 Å². The van der Waals surface area contributed by atoms with Crippen molar-refractivity contribution in [1.82, 2.24) is 24.9 Å². The largest absolute Gasteiger partial charge is 0.324 e. The molecule has 2 atom stereocenters. The lowest BCUT2D eigenvalue weighted by Gasteiger charge is -2.19. The summed E-state index contributed by atoms with van der Waals surface area (Å²) in [6.07, 6.45) is 3.84. The van der Waals surface area contributed by atoms with Gasteiger partial charge in [0.05, 0.1) is 29.2 Å². The first-order chi connectivity index (χ1) is 13.0. The van der Waals surface area contributed by atoms with E-state index in [0.717, 1.165) is 34.9 Å². The lowest BCUT2D eigenvalue weighted by molar-refractivity contribution is -0.119. The maximum absolute atomic E-state index is 13.1. The molecule has 27 heavy (non-hydrogen) atoms. The van der Waals surface area contributed by atoms with Gasteiger partial charge < -0.3 is 10.6 Å². The van der Waals surface area contributed by atoms with Crippen molar-refractivity contribution in [2.24, 2.45) is 13.0 Å². The molecule has 0 radical (unpaired) electrons. The number of amides is 1. The number of aromatic nitrogens is 4. The van der Waals surface area contributed by atoms with Gasteiger partial charge in [-0.1, -0.05) is 12.1 Å². The van der Waals surface area contributed by atoms with E-state index in [1.54, 1.807) is 4.68 Å². The molecule has 0 spiro atoms. The summed E-state index contributed by atoms with van der Waals surface area (Å²) in [5, 5.41) is 15.3. The number of para-hydroxylation sites is 2. The fourth-order valence-electron chi connectivity index (χ4n) is 3.80. The van der Waals surface area contributed by atoms with Crippen LogP contribution in [-0.4, -0.2) is 38.6 Å². The number of nitrogens with one attached hydrogen (secondary N) is 2. The fraction of sp³-hybridized carbons (Fsp3) is 0.350. The maximum atomic E-state index is 13.1. The highest BCUT2D eigenvalue weighted by atomic mass is 16.2. The third kappa shape index (κ3) is 3.38. The summed E-state index contributed by atoms with van der Waals surface area (Å²) in [7, 11) is 1.89. The molecule has 1 aliphatic heterocycles. The van der Waals surface area contributed by atoms with Crippen molar-refractivity contribution in [2.75, 3.05) is 18.4 Å². The van der Waals surface area contributed by atoms with E-state index in [9.17, 15) is 4.79 Å². The molecule has 0 saturated carbocycles. The first-order valence-corrected chi connectivity index (χ1v) is 9.15. The third-order valence-corrected chi connectivity index (χ3v) is 5.10. The Morgan fingerprint density at radius 3 is 2.78 bits per heavy atom. The zero-order chi connectivity index (χ0) is 19.0. The van der Waals surface area contributed by atoms with Gasteiger partial charge in [0.2, 0.25) is 5.91 Å². The minimum absolute atomic E-state index is 0.0165. The summed E-state index contributed by atoms with van der Waals surface area (Å²) in [4.78, 5) is 13.1. The van der Waals surface area contributed by atoms with Gasteiger partial charge in [-0.25, -0.2) is 4.68 Å². The second-order valence-corrected chi connectivity index (χ2v) is 7.16. The number of carbonyl (C=O) groups is 1. The average Bonchev–Trinajstić information content (AvgIpc) is 3.35. The highest BCUT2D eigenvalue weighted by molar-refractivity contribution is 5.95. The fourth-order valence-corrected chi connectivity index (χ4v) is 3.80. The summed E-state index contributed by atoms with van der Waals surface area (Å²) in [6.45, 7) is 5.42. The van der Waals surface area contributed by atoms with Crippen LogP contribution in [0.4, 0.5) is 5.69 Å². The predicted octanol–water partition coefficient (Wildman–Crippen LogP) is 2.16. The van der Waals surface area contributed by atoms with Gasteiger partial charge in [-0.3, -0.25) is 9.48 Å². The quantitative estimate of drug-likeness (QED) is 0.744. The molecule has 0 bridgehead atoms. The Labute approximate surface area is 158 Å². The SMILES string of the molecule is Cc1cc(C)n(-c2ccccc2NC(=O)[C@H]2CNC[C@@H]2c2cnn(C)c2)n1. The van der Waals surface area contributed by atoms with Crippen LogP contribution >= 0.6 is 0 Å². The smallest absolute Gasteiger partial charge is 0.229 e. The van der Waals surface area contributed by atoms with Gasteiger partial charge in [0, 0.05) is 37.9 Å². The number of aryl methyl sites for hydroxylation is 3. The first kappa shape index (κ1) is 17.5. The standard InChI is InChI=1S/C20H24N6O/c1-13-8-14(2)26(24-13)19-7-5-4-6-18(19)23-20(27)17-11-21-10-16(17)15-9-22-25(3)12-15/h4-9,12,16-17,21H,10-11H2,1-3H3,(H,23,27)/t16-,17+/m1/s1. The second kappa shape index (κ2) is 7.00. The molecule has 1 amide bonds. The lowest BCUT2D eigenvalue weighted by Crippen LogP contribution is -2.28. The van der Waals surface area contributed by atoms with Gasteiger partial charge in [0.25, 0.3) is 0 Å². The topological polar surface area (TPSA) is 76.8 Å². The van der Waals surface area contributed by atoms with Crippen molar-refractivity contribution in [2.45, 2.75) is 19.8 Å². The molecule has 1 aliphatic rings. The van der Waals surface area contributed by atoms with Gasteiger partial charge in [0.1, 0.15) is 0 Å². The van der Waals surface area contributed by atoms with Gasteiger partial charge in [0.15, 0.2) is 0 Å². The molecule has 4 rings (SSSR count). The summed E-state index contributed by atoms with van der Waals surface area (Å²) in [6, 6.07) is 9.80. The van der Waals surface area contributed by atoms with E-state index in [2.05, 4.69) is 20.8 Å². The van der Waals surface area contributed by atoms with Crippen LogP contribution in [0.2, 0.25) is 0 Å². The van der Waals surface area contributed by atoms with Crippen molar-refractivity contribution < 1.29 is 4.79 Å². The molecule has 0 aliphatic carbocycles. The Balaban J connectivity index is 1.59. The number of carbonyl (C=O) groups excluding carboxylic acids is 1.